The van der Waals surface area contributed by atoms with Gasteiger partial charge in [-0.2, -0.15) is 0 Å². The topological polar surface area (TPSA) is 40.5 Å². The number of benzene rings is 1. The van der Waals surface area contributed by atoms with Crippen LogP contribution in [0.1, 0.15) is 37.9 Å². The summed E-state index contributed by atoms with van der Waals surface area (Å²) in [5.74, 6) is 0. The molecule has 16 heavy (non-hydrogen) atoms. The third kappa shape index (κ3) is 2.78. The third-order valence-corrected chi connectivity index (χ3v) is 4.42. The number of rotatable bonds is 3. The SMILES string of the molecule is CC(O)c1cccc(SC2CCCC2O)c1. The van der Waals surface area contributed by atoms with Crippen LogP contribution in [0.25, 0.3) is 0 Å². The van der Waals surface area contributed by atoms with Gasteiger partial charge in [-0.25, -0.2) is 0 Å². The lowest BCUT2D eigenvalue weighted by Crippen LogP contribution is -2.14. The molecule has 3 atom stereocenters. The highest BCUT2D eigenvalue weighted by molar-refractivity contribution is 8.00. The van der Waals surface area contributed by atoms with Crippen LogP contribution in [-0.4, -0.2) is 21.6 Å². The summed E-state index contributed by atoms with van der Waals surface area (Å²) in [6, 6.07) is 7.95. The molecule has 3 unspecified atom stereocenters. The summed E-state index contributed by atoms with van der Waals surface area (Å²) in [6.45, 7) is 1.77. The largest absolute Gasteiger partial charge is 0.392 e. The van der Waals surface area contributed by atoms with Gasteiger partial charge in [-0.05, 0) is 43.9 Å². The fraction of sp³-hybridized carbons (Fsp3) is 0.538. The zero-order valence-electron chi connectivity index (χ0n) is 9.47. The molecule has 1 aliphatic rings. The van der Waals surface area contributed by atoms with Crippen LogP contribution in [0.5, 0.6) is 0 Å². The Morgan fingerprint density at radius 1 is 1.38 bits per heavy atom. The Kier molecular flexibility index (Phi) is 3.90. The first-order valence-electron chi connectivity index (χ1n) is 5.79. The van der Waals surface area contributed by atoms with Gasteiger partial charge in [0.2, 0.25) is 0 Å². The molecular weight excluding hydrogens is 220 g/mol. The summed E-state index contributed by atoms with van der Waals surface area (Å²) in [4.78, 5) is 1.14. The van der Waals surface area contributed by atoms with Crippen molar-refractivity contribution >= 4 is 11.8 Å². The molecule has 3 heteroatoms. The summed E-state index contributed by atoms with van der Waals surface area (Å²) < 4.78 is 0. The Bertz CT molecular complexity index is 352. The fourth-order valence-electron chi connectivity index (χ4n) is 2.07. The van der Waals surface area contributed by atoms with Crippen LogP contribution < -0.4 is 0 Å². The lowest BCUT2D eigenvalue weighted by molar-refractivity contribution is 0.188. The van der Waals surface area contributed by atoms with Gasteiger partial charge in [0.15, 0.2) is 0 Å². The molecule has 0 saturated heterocycles. The number of hydrogen-bond donors (Lipinski definition) is 2. The Morgan fingerprint density at radius 3 is 2.81 bits per heavy atom. The molecule has 1 aromatic carbocycles. The third-order valence-electron chi connectivity index (χ3n) is 3.05. The standard InChI is InChI=1S/C13H18O2S/c1-9(14)10-4-2-5-11(8-10)16-13-7-3-6-12(13)15/h2,4-5,8-9,12-15H,3,6-7H2,1H3. The first kappa shape index (κ1) is 12.0. The molecule has 0 heterocycles. The molecule has 88 valence electrons. The van der Waals surface area contributed by atoms with E-state index >= 15 is 0 Å². The van der Waals surface area contributed by atoms with Crippen LogP contribution in [0.3, 0.4) is 0 Å². The first-order chi connectivity index (χ1) is 7.66. The van der Waals surface area contributed by atoms with E-state index in [1.165, 1.54) is 0 Å². The Labute approximate surface area is 101 Å². The Balaban J connectivity index is 2.06. The number of aliphatic hydroxyl groups is 2. The van der Waals surface area contributed by atoms with E-state index in [0.29, 0.717) is 5.25 Å². The maximum Gasteiger partial charge on any atom is 0.0762 e. The fourth-order valence-corrected chi connectivity index (χ4v) is 3.35. The van der Waals surface area contributed by atoms with Crippen molar-refractivity contribution in [1.82, 2.24) is 0 Å². The number of aliphatic hydroxyl groups excluding tert-OH is 2. The quantitative estimate of drug-likeness (QED) is 0.850. The van der Waals surface area contributed by atoms with Crippen molar-refractivity contribution in [2.75, 3.05) is 0 Å². The molecule has 2 N–H and O–H groups in total. The minimum Gasteiger partial charge on any atom is -0.392 e. The van der Waals surface area contributed by atoms with E-state index in [9.17, 15) is 10.2 Å². The number of thioether (sulfide) groups is 1. The highest BCUT2D eigenvalue weighted by Crippen LogP contribution is 2.35. The van der Waals surface area contributed by atoms with Gasteiger partial charge in [-0.3, -0.25) is 0 Å². The number of hydrogen-bond acceptors (Lipinski definition) is 3. The van der Waals surface area contributed by atoms with Gasteiger partial charge in [-0.1, -0.05) is 12.1 Å². The van der Waals surface area contributed by atoms with Crippen molar-refractivity contribution in [3.05, 3.63) is 29.8 Å². The van der Waals surface area contributed by atoms with Crippen molar-refractivity contribution < 1.29 is 10.2 Å². The monoisotopic (exact) mass is 238 g/mol. The maximum atomic E-state index is 9.76. The van der Waals surface area contributed by atoms with E-state index in [4.69, 9.17) is 0 Å². The summed E-state index contributed by atoms with van der Waals surface area (Å²) >= 11 is 1.73. The molecule has 2 rings (SSSR count). The summed E-state index contributed by atoms with van der Waals surface area (Å²) in [6.07, 6.45) is 2.54. The van der Waals surface area contributed by atoms with E-state index in [-0.39, 0.29) is 6.10 Å². The molecule has 0 bridgehead atoms. The molecule has 1 fully saturated rings. The first-order valence-corrected chi connectivity index (χ1v) is 6.67. The molecule has 1 aromatic rings. The molecule has 0 aliphatic heterocycles. The highest BCUT2D eigenvalue weighted by Gasteiger charge is 2.25. The summed E-state index contributed by atoms with van der Waals surface area (Å²) in [5, 5.41) is 19.6. The summed E-state index contributed by atoms with van der Waals surface area (Å²) in [7, 11) is 0. The molecule has 2 nitrogen and oxygen atoms in total. The van der Waals surface area contributed by atoms with Crippen LogP contribution in [0.15, 0.2) is 29.2 Å². The van der Waals surface area contributed by atoms with E-state index < -0.39 is 6.10 Å². The van der Waals surface area contributed by atoms with E-state index in [0.717, 1.165) is 29.7 Å². The highest BCUT2D eigenvalue weighted by atomic mass is 32.2. The average molecular weight is 238 g/mol. The van der Waals surface area contributed by atoms with Crippen molar-refractivity contribution in [3.63, 3.8) is 0 Å². The summed E-state index contributed by atoms with van der Waals surface area (Å²) in [5.41, 5.74) is 0.942. The van der Waals surface area contributed by atoms with Gasteiger partial charge in [0.05, 0.1) is 12.2 Å². The molecular formula is C13H18O2S. The lowest BCUT2D eigenvalue weighted by atomic mass is 10.1. The molecule has 0 amide bonds. The minimum absolute atomic E-state index is 0.166. The molecule has 0 aromatic heterocycles. The van der Waals surface area contributed by atoms with Crippen LogP contribution >= 0.6 is 11.8 Å². The normalized spacial score (nSPS) is 26.9. The molecule has 1 saturated carbocycles. The second-order valence-electron chi connectivity index (χ2n) is 4.40. The second kappa shape index (κ2) is 5.21. The average Bonchev–Trinajstić information content (AvgIpc) is 2.65. The minimum atomic E-state index is -0.422. The predicted molar refractivity (Wildman–Crippen MR) is 66.6 cm³/mol. The Hall–Kier alpha value is -0.510. The zero-order valence-corrected chi connectivity index (χ0v) is 10.3. The van der Waals surface area contributed by atoms with E-state index in [2.05, 4.69) is 0 Å². The van der Waals surface area contributed by atoms with Gasteiger partial charge in [0.1, 0.15) is 0 Å². The van der Waals surface area contributed by atoms with Gasteiger partial charge in [0, 0.05) is 10.1 Å². The second-order valence-corrected chi connectivity index (χ2v) is 5.72. The van der Waals surface area contributed by atoms with Crippen molar-refractivity contribution in [3.8, 4) is 0 Å². The smallest absolute Gasteiger partial charge is 0.0762 e. The maximum absolute atomic E-state index is 9.76. The van der Waals surface area contributed by atoms with Gasteiger partial charge >= 0.3 is 0 Å². The molecule has 0 radical (unpaired) electrons. The molecule has 1 aliphatic carbocycles. The van der Waals surface area contributed by atoms with Crippen molar-refractivity contribution in [2.24, 2.45) is 0 Å². The van der Waals surface area contributed by atoms with Crippen LogP contribution in [-0.2, 0) is 0 Å². The van der Waals surface area contributed by atoms with Crippen LogP contribution in [0, 0.1) is 0 Å². The van der Waals surface area contributed by atoms with Gasteiger partial charge in [0.25, 0.3) is 0 Å². The van der Waals surface area contributed by atoms with Gasteiger partial charge < -0.3 is 10.2 Å². The lowest BCUT2D eigenvalue weighted by Gasteiger charge is -2.14. The predicted octanol–water partition coefficient (Wildman–Crippen LogP) is 2.75. The van der Waals surface area contributed by atoms with Crippen LogP contribution in [0.2, 0.25) is 0 Å². The van der Waals surface area contributed by atoms with Crippen molar-refractivity contribution in [2.45, 2.75) is 48.5 Å². The van der Waals surface area contributed by atoms with Crippen molar-refractivity contribution in [1.29, 1.82) is 0 Å². The zero-order chi connectivity index (χ0) is 11.5. The molecule has 0 spiro atoms. The van der Waals surface area contributed by atoms with E-state index in [1.54, 1.807) is 18.7 Å². The Morgan fingerprint density at radius 2 is 2.19 bits per heavy atom. The van der Waals surface area contributed by atoms with E-state index in [1.807, 2.05) is 24.3 Å². The van der Waals surface area contributed by atoms with Gasteiger partial charge in [-0.15, -0.1) is 11.8 Å². The van der Waals surface area contributed by atoms with Crippen LogP contribution in [0.4, 0.5) is 0 Å².